The molecule has 1 aliphatic heterocycles. The number of aryl methyl sites for hydroxylation is 1. The Bertz CT molecular complexity index is 1100. The van der Waals surface area contributed by atoms with Crippen LogP contribution in [0, 0.1) is 17.0 Å². The number of carbonyl (C=O) groups excluding carboxylic acids is 1. The topological polar surface area (TPSA) is 111 Å². The number of nitro benzene ring substituents is 1. The van der Waals surface area contributed by atoms with Gasteiger partial charge in [0.2, 0.25) is 11.8 Å². The third-order valence-corrected chi connectivity index (χ3v) is 4.36. The van der Waals surface area contributed by atoms with Gasteiger partial charge in [0.05, 0.1) is 10.5 Å². The average molecular weight is 392 g/mol. The molecule has 1 atom stereocenters. The number of carbonyl (C=O) groups is 1. The maximum absolute atomic E-state index is 12.1. The van der Waals surface area contributed by atoms with Crippen LogP contribution in [0.1, 0.15) is 30.2 Å². The molecule has 0 fully saturated rings. The van der Waals surface area contributed by atoms with Crippen molar-refractivity contribution >= 4 is 17.5 Å². The van der Waals surface area contributed by atoms with Crippen molar-refractivity contribution in [2.75, 3.05) is 0 Å². The SMILES string of the molecule is CC(=O)N1N=C(c2ccc(C)nc2)OC1c1ccc(-c2ccc([N+](=O)[O-])cc2)o1. The van der Waals surface area contributed by atoms with Crippen molar-refractivity contribution in [1.82, 2.24) is 9.99 Å². The predicted molar refractivity (Wildman–Crippen MR) is 103 cm³/mol. The van der Waals surface area contributed by atoms with Crippen molar-refractivity contribution in [1.29, 1.82) is 0 Å². The molecule has 29 heavy (non-hydrogen) atoms. The first-order chi connectivity index (χ1) is 13.9. The summed E-state index contributed by atoms with van der Waals surface area (Å²) in [6, 6.07) is 13.0. The molecule has 0 aliphatic carbocycles. The van der Waals surface area contributed by atoms with Crippen LogP contribution < -0.4 is 0 Å². The number of pyridine rings is 1. The molecule has 9 nitrogen and oxygen atoms in total. The summed E-state index contributed by atoms with van der Waals surface area (Å²) < 4.78 is 11.7. The Morgan fingerprint density at radius 3 is 2.45 bits per heavy atom. The lowest BCUT2D eigenvalue weighted by molar-refractivity contribution is -0.384. The molecule has 1 unspecified atom stereocenters. The van der Waals surface area contributed by atoms with Gasteiger partial charge in [0.15, 0.2) is 5.76 Å². The maximum atomic E-state index is 12.1. The summed E-state index contributed by atoms with van der Waals surface area (Å²) in [5.74, 6) is 0.837. The second kappa shape index (κ2) is 7.19. The highest BCUT2D eigenvalue weighted by Gasteiger charge is 2.35. The second-order valence-electron chi connectivity index (χ2n) is 6.43. The fraction of sp³-hybridized carbons (Fsp3) is 0.150. The molecule has 1 amide bonds. The molecule has 0 radical (unpaired) electrons. The molecule has 146 valence electrons. The number of benzene rings is 1. The molecule has 0 N–H and O–H groups in total. The third-order valence-electron chi connectivity index (χ3n) is 4.36. The molecule has 1 aliphatic rings. The highest BCUT2D eigenvalue weighted by Crippen LogP contribution is 2.34. The number of ether oxygens (including phenoxy) is 1. The molecule has 4 rings (SSSR count). The van der Waals surface area contributed by atoms with Crippen LogP contribution in [0.25, 0.3) is 11.3 Å². The summed E-state index contributed by atoms with van der Waals surface area (Å²) >= 11 is 0. The standard InChI is InChI=1S/C20H16N4O5/c1-12-3-4-15(11-21-12)19-22-23(13(2)25)20(29-19)18-10-9-17(28-18)14-5-7-16(8-6-14)24(26)27/h3-11,20H,1-2H3. The fourth-order valence-electron chi connectivity index (χ4n) is 2.85. The van der Waals surface area contributed by atoms with E-state index in [0.29, 0.717) is 22.6 Å². The molecule has 0 saturated heterocycles. The smallest absolute Gasteiger partial charge is 0.269 e. The summed E-state index contributed by atoms with van der Waals surface area (Å²) in [6.45, 7) is 3.25. The van der Waals surface area contributed by atoms with Gasteiger partial charge in [-0.15, -0.1) is 5.10 Å². The van der Waals surface area contributed by atoms with E-state index in [9.17, 15) is 14.9 Å². The summed E-state index contributed by atoms with van der Waals surface area (Å²) in [5.41, 5.74) is 2.16. The summed E-state index contributed by atoms with van der Waals surface area (Å²) in [4.78, 5) is 26.6. The van der Waals surface area contributed by atoms with Crippen molar-refractivity contribution in [2.24, 2.45) is 5.10 Å². The van der Waals surface area contributed by atoms with Crippen LogP contribution in [0.15, 0.2) is 64.2 Å². The lowest BCUT2D eigenvalue weighted by Crippen LogP contribution is -2.24. The minimum atomic E-state index is -0.851. The number of non-ortho nitro benzene ring substituents is 1. The molecule has 0 spiro atoms. The lowest BCUT2D eigenvalue weighted by Gasteiger charge is -2.16. The molecular weight excluding hydrogens is 376 g/mol. The Hall–Kier alpha value is -4.01. The normalized spacial score (nSPS) is 15.7. The van der Waals surface area contributed by atoms with E-state index in [1.807, 2.05) is 19.1 Å². The van der Waals surface area contributed by atoms with Crippen molar-refractivity contribution in [3.05, 3.63) is 81.9 Å². The van der Waals surface area contributed by atoms with E-state index < -0.39 is 11.2 Å². The highest BCUT2D eigenvalue weighted by molar-refractivity contribution is 5.96. The number of hydrazone groups is 1. The maximum Gasteiger partial charge on any atom is 0.269 e. The first-order valence-electron chi connectivity index (χ1n) is 8.75. The predicted octanol–water partition coefficient (Wildman–Crippen LogP) is 3.80. The lowest BCUT2D eigenvalue weighted by atomic mass is 10.1. The van der Waals surface area contributed by atoms with Crippen LogP contribution in [-0.2, 0) is 9.53 Å². The van der Waals surface area contributed by atoms with Gasteiger partial charge >= 0.3 is 0 Å². The fourth-order valence-corrected chi connectivity index (χ4v) is 2.85. The number of amides is 1. The van der Waals surface area contributed by atoms with Crippen molar-refractivity contribution in [3.63, 3.8) is 0 Å². The molecule has 0 bridgehead atoms. The van der Waals surface area contributed by atoms with Crippen LogP contribution >= 0.6 is 0 Å². The van der Waals surface area contributed by atoms with E-state index >= 15 is 0 Å². The first kappa shape index (κ1) is 18.4. The minimum absolute atomic E-state index is 0.00726. The van der Waals surface area contributed by atoms with Crippen molar-refractivity contribution in [2.45, 2.75) is 20.1 Å². The van der Waals surface area contributed by atoms with Crippen LogP contribution in [0.4, 0.5) is 5.69 Å². The molecule has 3 heterocycles. The Morgan fingerprint density at radius 2 is 1.83 bits per heavy atom. The zero-order chi connectivity index (χ0) is 20.5. The van der Waals surface area contributed by atoms with Crippen LogP contribution in [0.2, 0.25) is 0 Å². The largest absolute Gasteiger partial charge is 0.455 e. The van der Waals surface area contributed by atoms with E-state index in [1.165, 1.54) is 24.1 Å². The Morgan fingerprint density at radius 1 is 1.10 bits per heavy atom. The zero-order valence-corrected chi connectivity index (χ0v) is 15.6. The summed E-state index contributed by atoms with van der Waals surface area (Å²) in [6.07, 6.45) is 0.773. The number of rotatable bonds is 4. The molecular formula is C20H16N4O5. The van der Waals surface area contributed by atoms with Gasteiger partial charge in [-0.3, -0.25) is 19.9 Å². The quantitative estimate of drug-likeness (QED) is 0.493. The number of hydrogen-bond donors (Lipinski definition) is 0. The van der Waals surface area contributed by atoms with Crippen molar-refractivity contribution < 1.29 is 18.9 Å². The van der Waals surface area contributed by atoms with Gasteiger partial charge in [0, 0.05) is 36.5 Å². The van der Waals surface area contributed by atoms with Gasteiger partial charge < -0.3 is 9.15 Å². The number of nitrogens with zero attached hydrogens (tertiary/aromatic N) is 4. The van der Waals surface area contributed by atoms with Gasteiger partial charge in [-0.2, -0.15) is 5.01 Å². The van der Waals surface area contributed by atoms with Crippen LogP contribution in [-0.4, -0.2) is 26.7 Å². The number of furan rings is 1. The number of hydrogen-bond acceptors (Lipinski definition) is 7. The molecule has 0 saturated carbocycles. The highest BCUT2D eigenvalue weighted by atomic mass is 16.6. The van der Waals surface area contributed by atoms with Gasteiger partial charge in [-0.05, 0) is 43.3 Å². The Kier molecular flexibility index (Phi) is 4.55. The van der Waals surface area contributed by atoms with Gasteiger partial charge in [0.1, 0.15) is 5.76 Å². The van der Waals surface area contributed by atoms with E-state index in [-0.39, 0.29) is 17.5 Å². The summed E-state index contributed by atoms with van der Waals surface area (Å²) in [7, 11) is 0. The number of nitro groups is 1. The van der Waals surface area contributed by atoms with Gasteiger partial charge in [-0.1, -0.05) is 0 Å². The van der Waals surface area contributed by atoms with Crippen LogP contribution in [0.3, 0.4) is 0 Å². The second-order valence-corrected chi connectivity index (χ2v) is 6.43. The van der Waals surface area contributed by atoms with E-state index in [2.05, 4.69) is 10.1 Å². The third kappa shape index (κ3) is 3.57. The van der Waals surface area contributed by atoms with Crippen molar-refractivity contribution in [3.8, 4) is 11.3 Å². The molecule has 1 aromatic carbocycles. The molecule has 9 heteroatoms. The van der Waals surface area contributed by atoms with E-state index in [1.54, 1.807) is 30.5 Å². The minimum Gasteiger partial charge on any atom is -0.455 e. The van der Waals surface area contributed by atoms with E-state index in [0.717, 1.165) is 5.69 Å². The van der Waals surface area contributed by atoms with E-state index in [4.69, 9.17) is 9.15 Å². The average Bonchev–Trinajstić information content (AvgIpc) is 3.36. The Balaban J connectivity index is 1.60. The monoisotopic (exact) mass is 392 g/mol. The Labute approximate surface area is 165 Å². The van der Waals surface area contributed by atoms with Gasteiger partial charge in [-0.25, -0.2) is 0 Å². The summed E-state index contributed by atoms with van der Waals surface area (Å²) in [5, 5.41) is 16.3. The van der Waals surface area contributed by atoms with Gasteiger partial charge in [0.25, 0.3) is 11.9 Å². The first-order valence-corrected chi connectivity index (χ1v) is 8.75. The number of aromatic nitrogens is 1. The molecule has 2 aromatic heterocycles. The zero-order valence-electron chi connectivity index (χ0n) is 15.6. The van der Waals surface area contributed by atoms with Crippen LogP contribution in [0.5, 0.6) is 0 Å². The molecule has 3 aromatic rings.